The third-order valence-electron chi connectivity index (χ3n) is 5.39. The smallest absolute Gasteiger partial charge is 0.223 e. The van der Waals surface area contributed by atoms with E-state index in [0.717, 1.165) is 12.0 Å². The lowest BCUT2D eigenvalue weighted by Crippen LogP contribution is -2.42. The largest absolute Gasteiger partial charge is 0.383 e. The van der Waals surface area contributed by atoms with Crippen LogP contribution in [0.2, 0.25) is 0 Å². The summed E-state index contributed by atoms with van der Waals surface area (Å²) in [4.78, 5) is 12.7. The lowest BCUT2D eigenvalue weighted by molar-refractivity contribution is -0.128. The predicted molar refractivity (Wildman–Crippen MR) is 95.3 cm³/mol. The van der Waals surface area contributed by atoms with Gasteiger partial charge in [-0.3, -0.25) is 9.48 Å². The molecule has 1 aliphatic carbocycles. The first kappa shape index (κ1) is 19.0. The molecule has 1 amide bonds. The highest BCUT2D eigenvalue weighted by Crippen LogP contribution is 2.31. The molecule has 5 nitrogen and oxygen atoms in total. The fourth-order valence-corrected chi connectivity index (χ4v) is 3.66. The van der Waals surface area contributed by atoms with Gasteiger partial charge in [0.1, 0.15) is 5.60 Å². The number of nitrogens with zero attached hydrogens (tertiary/aromatic N) is 2. The van der Waals surface area contributed by atoms with Crippen LogP contribution in [0.3, 0.4) is 0 Å². The number of hydrogen-bond donors (Lipinski definition) is 2. The quantitative estimate of drug-likeness (QED) is 0.805. The molecule has 2 unspecified atom stereocenters. The van der Waals surface area contributed by atoms with E-state index in [1.807, 2.05) is 7.05 Å². The van der Waals surface area contributed by atoms with Crippen LogP contribution < -0.4 is 5.32 Å². The lowest BCUT2D eigenvalue weighted by atomic mass is 9.79. The van der Waals surface area contributed by atoms with E-state index in [4.69, 9.17) is 0 Å². The minimum Gasteiger partial charge on any atom is -0.383 e. The Morgan fingerprint density at radius 3 is 2.62 bits per heavy atom. The van der Waals surface area contributed by atoms with Gasteiger partial charge in [-0.05, 0) is 25.2 Å². The maximum atomic E-state index is 12.7. The van der Waals surface area contributed by atoms with Crippen molar-refractivity contribution in [1.82, 2.24) is 15.1 Å². The Morgan fingerprint density at radius 1 is 1.42 bits per heavy atom. The van der Waals surface area contributed by atoms with Gasteiger partial charge in [0.05, 0.1) is 12.7 Å². The third-order valence-corrected chi connectivity index (χ3v) is 5.39. The molecule has 0 saturated heterocycles. The second-order valence-corrected chi connectivity index (χ2v) is 7.98. The van der Waals surface area contributed by atoms with Crippen LogP contribution in [-0.2, 0) is 17.4 Å². The number of aliphatic hydroxyl groups is 1. The number of hydrogen-bond acceptors (Lipinski definition) is 3. The van der Waals surface area contributed by atoms with Crippen molar-refractivity contribution in [2.75, 3.05) is 6.54 Å². The summed E-state index contributed by atoms with van der Waals surface area (Å²) in [6.45, 7) is 6.17. The Morgan fingerprint density at radius 2 is 2.08 bits per heavy atom. The summed E-state index contributed by atoms with van der Waals surface area (Å²) in [7, 11) is 1.82. The van der Waals surface area contributed by atoms with E-state index in [2.05, 4.69) is 24.3 Å². The van der Waals surface area contributed by atoms with Gasteiger partial charge in [-0.25, -0.2) is 0 Å². The summed E-state index contributed by atoms with van der Waals surface area (Å²) < 4.78 is 1.66. The molecule has 0 spiro atoms. The van der Waals surface area contributed by atoms with E-state index >= 15 is 0 Å². The standard InChI is InChI=1S/C19H33N3O2/c1-14(2)17(10-15-8-6-5-7-9-15)18(23)20-13-19(3,24)16-11-21-22(4)12-16/h11-12,14-15,17,24H,5-10,13H2,1-4H3,(H,20,23). The first-order valence-electron chi connectivity index (χ1n) is 9.29. The normalized spacial score (nSPS) is 19.9. The number of nitrogens with one attached hydrogen (secondary N) is 1. The van der Waals surface area contributed by atoms with Crippen LogP contribution in [0.5, 0.6) is 0 Å². The molecular formula is C19H33N3O2. The molecule has 24 heavy (non-hydrogen) atoms. The number of aromatic nitrogens is 2. The Hall–Kier alpha value is -1.36. The monoisotopic (exact) mass is 335 g/mol. The van der Waals surface area contributed by atoms with Crippen LogP contribution in [0.4, 0.5) is 0 Å². The first-order valence-corrected chi connectivity index (χ1v) is 9.29. The molecule has 2 atom stereocenters. The van der Waals surface area contributed by atoms with E-state index in [1.165, 1.54) is 32.1 Å². The minimum atomic E-state index is -1.10. The topological polar surface area (TPSA) is 67.2 Å². The molecule has 2 rings (SSSR count). The molecule has 1 aromatic rings. The molecule has 1 aromatic heterocycles. The zero-order chi connectivity index (χ0) is 17.7. The van der Waals surface area contributed by atoms with Crippen molar-refractivity contribution < 1.29 is 9.90 Å². The van der Waals surface area contributed by atoms with E-state index in [9.17, 15) is 9.90 Å². The van der Waals surface area contributed by atoms with E-state index in [1.54, 1.807) is 24.0 Å². The summed E-state index contributed by atoms with van der Waals surface area (Å²) in [5.41, 5.74) is -0.380. The summed E-state index contributed by atoms with van der Waals surface area (Å²) in [6.07, 6.45) is 10.8. The zero-order valence-electron chi connectivity index (χ0n) is 15.6. The van der Waals surface area contributed by atoms with E-state index < -0.39 is 5.60 Å². The molecule has 1 aliphatic rings. The average Bonchev–Trinajstić information content (AvgIpc) is 2.98. The number of rotatable bonds is 7. The fraction of sp³-hybridized carbons (Fsp3) is 0.789. The molecular weight excluding hydrogens is 302 g/mol. The van der Waals surface area contributed by atoms with Gasteiger partial charge in [0.2, 0.25) is 5.91 Å². The molecule has 2 N–H and O–H groups in total. The summed E-state index contributed by atoms with van der Waals surface area (Å²) >= 11 is 0. The van der Waals surface area contributed by atoms with Gasteiger partial charge >= 0.3 is 0 Å². The van der Waals surface area contributed by atoms with Gasteiger partial charge in [0, 0.05) is 24.7 Å². The van der Waals surface area contributed by atoms with Crippen LogP contribution in [0.1, 0.15) is 64.9 Å². The Bertz CT molecular complexity index is 530. The molecule has 1 saturated carbocycles. The van der Waals surface area contributed by atoms with E-state index in [0.29, 0.717) is 11.8 Å². The molecule has 0 radical (unpaired) electrons. The maximum absolute atomic E-state index is 12.7. The van der Waals surface area contributed by atoms with Crippen molar-refractivity contribution in [3.05, 3.63) is 18.0 Å². The molecule has 136 valence electrons. The third kappa shape index (κ3) is 5.07. The lowest BCUT2D eigenvalue weighted by Gasteiger charge is -2.29. The number of aryl methyl sites for hydroxylation is 1. The van der Waals surface area contributed by atoms with Gasteiger partial charge in [-0.2, -0.15) is 5.10 Å². The summed E-state index contributed by atoms with van der Waals surface area (Å²) in [6, 6.07) is 0. The van der Waals surface area contributed by atoms with Crippen LogP contribution in [0, 0.1) is 17.8 Å². The van der Waals surface area contributed by atoms with Crippen molar-refractivity contribution in [2.45, 2.75) is 64.9 Å². The molecule has 1 fully saturated rings. The number of amides is 1. The average molecular weight is 335 g/mol. The van der Waals surface area contributed by atoms with Gasteiger partial charge in [-0.15, -0.1) is 0 Å². The molecule has 0 bridgehead atoms. The summed E-state index contributed by atoms with van der Waals surface area (Å²) in [5, 5.41) is 17.7. The molecule has 5 heteroatoms. The van der Waals surface area contributed by atoms with Crippen LogP contribution in [0.15, 0.2) is 12.4 Å². The molecule has 0 aromatic carbocycles. The highest BCUT2D eigenvalue weighted by Gasteiger charge is 2.30. The SMILES string of the molecule is CC(C)C(CC1CCCCC1)C(=O)NCC(C)(O)c1cnn(C)c1. The second kappa shape index (κ2) is 8.15. The number of carbonyl (C=O) groups excluding carboxylic acids is 1. The van der Waals surface area contributed by atoms with Crippen LogP contribution >= 0.6 is 0 Å². The Labute approximate surface area is 145 Å². The predicted octanol–water partition coefficient (Wildman–Crippen LogP) is 2.99. The second-order valence-electron chi connectivity index (χ2n) is 7.98. The maximum Gasteiger partial charge on any atom is 0.223 e. The first-order chi connectivity index (χ1) is 11.3. The van der Waals surface area contributed by atoms with Crippen LogP contribution in [0.25, 0.3) is 0 Å². The van der Waals surface area contributed by atoms with Crippen molar-refractivity contribution in [3.63, 3.8) is 0 Å². The van der Waals surface area contributed by atoms with Gasteiger partial charge in [0.15, 0.2) is 0 Å². The zero-order valence-corrected chi connectivity index (χ0v) is 15.6. The van der Waals surface area contributed by atoms with Gasteiger partial charge in [0.25, 0.3) is 0 Å². The number of carbonyl (C=O) groups is 1. The van der Waals surface area contributed by atoms with Crippen molar-refractivity contribution >= 4 is 5.91 Å². The highest BCUT2D eigenvalue weighted by atomic mass is 16.3. The molecule has 1 heterocycles. The van der Waals surface area contributed by atoms with Crippen molar-refractivity contribution in [1.29, 1.82) is 0 Å². The molecule has 0 aliphatic heterocycles. The summed E-state index contributed by atoms with van der Waals surface area (Å²) in [5.74, 6) is 1.09. The van der Waals surface area contributed by atoms with Crippen molar-refractivity contribution in [2.24, 2.45) is 24.8 Å². The van der Waals surface area contributed by atoms with Gasteiger partial charge < -0.3 is 10.4 Å². The van der Waals surface area contributed by atoms with Gasteiger partial charge in [-0.1, -0.05) is 46.0 Å². The van der Waals surface area contributed by atoms with Crippen molar-refractivity contribution in [3.8, 4) is 0 Å². The Kier molecular flexibility index (Phi) is 6.44. The van der Waals surface area contributed by atoms with Crippen LogP contribution in [-0.4, -0.2) is 27.3 Å². The fourth-order valence-electron chi connectivity index (χ4n) is 3.66. The minimum absolute atomic E-state index is 0.0257. The Balaban J connectivity index is 1.92. The van der Waals surface area contributed by atoms with E-state index in [-0.39, 0.29) is 18.4 Å². The highest BCUT2D eigenvalue weighted by molar-refractivity contribution is 5.79.